The number of ether oxygens (including phenoxy) is 1. The number of carbonyl (C=O) groups is 2. The summed E-state index contributed by atoms with van der Waals surface area (Å²) in [7, 11) is 0. The van der Waals surface area contributed by atoms with Gasteiger partial charge in [0.15, 0.2) is 5.78 Å². The van der Waals surface area contributed by atoms with E-state index >= 15 is 0 Å². The lowest BCUT2D eigenvalue weighted by molar-refractivity contribution is -0.144. The fraction of sp³-hybridized carbons (Fsp3) is 0.529. The Hall–Kier alpha value is -1.95. The summed E-state index contributed by atoms with van der Waals surface area (Å²) in [5.74, 6) is -0.982. The molecule has 1 aliphatic rings. The highest BCUT2D eigenvalue weighted by Crippen LogP contribution is 2.25. The molecule has 1 aromatic rings. The lowest BCUT2D eigenvalue weighted by Gasteiger charge is -2.25. The van der Waals surface area contributed by atoms with E-state index in [9.17, 15) is 14.0 Å². The molecule has 1 saturated heterocycles. The largest absolute Gasteiger partial charge is 0.465 e. The van der Waals surface area contributed by atoms with Gasteiger partial charge in [-0.2, -0.15) is 0 Å². The number of rotatable bonds is 5. The van der Waals surface area contributed by atoms with Crippen molar-refractivity contribution in [2.45, 2.75) is 20.3 Å². The monoisotopic (exact) mass is 322 g/mol. The van der Waals surface area contributed by atoms with Crippen molar-refractivity contribution in [2.24, 2.45) is 0 Å². The summed E-state index contributed by atoms with van der Waals surface area (Å²) in [6.07, 6.45) is 0.841. The Labute approximate surface area is 136 Å². The molecule has 0 N–H and O–H groups in total. The van der Waals surface area contributed by atoms with E-state index in [2.05, 4.69) is 0 Å². The highest BCUT2D eigenvalue weighted by molar-refractivity contribution is 6.00. The summed E-state index contributed by atoms with van der Waals surface area (Å²) in [6, 6.07) is 4.71. The second-order valence-electron chi connectivity index (χ2n) is 5.61. The maximum atomic E-state index is 14.0. The van der Waals surface area contributed by atoms with E-state index < -0.39 is 5.82 Å². The Morgan fingerprint density at radius 1 is 1.22 bits per heavy atom. The minimum Gasteiger partial charge on any atom is -0.465 e. The number of anilines is 1. The molecular weight excluding hydrogens is 299 g/mol. The first-order chi connectivity index (χ1) is 11.0. The molecule has 126 valence electrons. The Bertz CT molecular complexity index is 577. The first-order valence-electron chi connectivity index (χ1n) is 7.95. The number of hydrogen-bond acceptors (Lipinski definition) is 5. The number of esters is 1. The fourth-order valence-corrected chi connectivity index (χ4v) is 2.88. The average molecular weight is 322 g/mol. The van der Waals surface area contributed by atoms with Gasteiger partial charge in [0.2, 0.25) is 0 Å². The third kappa shape index (κ3) is 4.51. The van der Waals surface area contributed by atoms with Crippen LogP contribution in [-0.2, 0) is 9.53 Å². The number of carbonyl (C=O) groups excluding carboxylic acids is 2. The van der Waals surface area contributed by atoms with Crippen LogP contribution in [0, 0.1) is 5.82 Å². The Kier molecular flexibility index (Phi) is 6.10. The third-order valence-corrected chi connectivity index (χ3v) is 3.93. The van der Waals surface area contributed by atoms with E-state index in [0.29, 0.717) is 25.4 Å². The molecule has 0 aromatic heterocycles. The molecule has 1 fully saturated rings. The molecule has 1 aliphatic heterocycles. The highest BCUT2D eigenvalue weighted by Gasteiger charge is 2.22. The predicted molar refractivity (Wildman–Crippen MR) is 86.3 cm³/mol. The number of Topliss-reactive ketones (excluding diaryl/α,β-unsaturated/α-hetero) is 1. The van der Waals surface area contributed by atoms with Crippen LogP contribution < -0.4 is 4.90 Å². The quantitative estimate of drug-likeness (QED) is 0.614. The van der Waals surface area contributed by atoms with Gasteiger partial charge in [0.05, 0.1) is 24.4 Å². The summed E-state index contributed by atoms with van der Waals surface area (Å²) in [4.78, 5) is 27.4. The SMILES string of the molecule is CCOC(=O)CN1CCCN(c2cccc(F)c2C(C)=O)CC1. The first kappa shape index (κ1) is 17.4. The van der Waals surface area contributed by atoms with Crippen molar-refractivity contribution in [3.63, 3.8) is 0 Å². The van der Waals surface area contributed by atoms with Crippen LogP contribution in [0.2, 0.25) is 0 Å². The Balaban J connectivity index is 2.08. The molecule has 0 amide bonds. The van der Waals surface area contributed by atoms with Gasteiger partial charge in [-0.3, -0.25) is 14.5 Å². The molecule has 6 heteroatoms. The fourth-order valence-electron chi connectivity index (χ4n) is 2.88. The Morgan fingerprint density at radius 2 is 2.00 bits per heavy atom. The zero-order valence-electron chi connectivity index (χ0n) is 13.7. The topological polar surface area (TPSA) is 49.9 Å². The van der Waals surface area contributed by atoms with Crippen molar-refractivity contribution < 1.29 is 18.7 Å². The number of hydrogen-bond donors (Lipinski definition) is 0. The predicted octanol–water partition coefficient (Wildman–Crippen LogP) is 2.10. The van der Waals surface area contributed by atoms with Crippen LogP contribution in [0.5, 0.6) is 0 Å². The van der Waals surface area contributed by atoms with Crippen molar-refractivity contribution in [1.29, 1.82) is 0 Å². The molecule has 0 atom stereocenters. The number of halogens is 1. The minimum atomic E-state index is -0.484. The average Bonchev–Trinajstić information content (AvgIpc) is 2.72. The normalized spacial score (nSPS) is 16.0. The van der Waals surface area contributed by atoms with Gasteiger partial charge in [0.25, 0.3) is 0 Å². The molecule has 0 saturated carbocycles. The molecule has 0 bridgehead atoms. The number of nitrogens with zero attached hydrogens (tertiary/aromatic N) is 2. The summed E-state index contributed by atoms with van der Waals surface area (Å²) in [6.45, 7) is 6.63. The van der Waals surface area contributed by atoms with Crippen LogP contribution in [0.1, 0.15) is 30.6 Å². The van der Waals surface area contributed by atoms with Crippen LogP contribution >= 0.6 is 0 Å². The maximum Gasteiger partial charge on any atom is 0.320 e. The molecule has 5 nitrogen and oxygen atoms in total. The second kappa shape index (κ2) is 8.06. The van der Waals surface area contributed by atoms with Gasteiger partial charge in [-0.15, -0.1) is 0 Å². The molecule has 0 unspecified atom stereocenters. The van der Waals surface area contributed by atoms with Crippen molar-refractivity contribution in [3.05, 3.63) is 29.6 Å². The van der Waals surface area contributed by atoms with E-state index in [-0.39, 0.29) is 23.9 Å². The third-order valence-electron chi connectivity index (χ3n) is 3.93. The molecule has 0 spiro atoms. The van der Waals surface area contributed by atoms with E-state index in [4.69, 9.17) is 4.74 Å². The lowest BCUT2D eigenvalue weighted by atomic mass is 10.1. The van der Waals surface area contributed by atoms with Crippen LogP contribution in [0.3, 0.4) is 0 Å². The van der Waals surface area contributed by atoms with Crippen LogP contribution in [0.25, 0.3) is 0 Å². The van der Waals surface area contributed by atoms with Gasteiger partial charge >= 0.3 is 5.97 Å². The van der Waals surface area contributed by atoms with E-state index in [0.717, 1.165) is 19.5 Å². The van der Waals surface area contributed by atoms with Crippen molar-refractivity contribution >= 4 is 17.4 Å². The van der Waals surface area contributed by atoms with Crippen molar-refractivity contribution in [1.82, 2.24) is 4.90 Å². The molecule has 0 aliphatic carbocycles. The standard InChI is InChI=1S/C17H23FN2O3/c1-3-23-16(22)12-19-8-5-9-20(11-10-19)15-7-4-6-14(18)17(15)13(2)21/h4,6-7H,3,5,8-12H2,1-2H3. The van der Waals surface area contributed by atoms with E-state index in [1.54, 1.807) is 19.1 Å². The molecule has 23 heavy (non-hydrogen) atoms. The minimum absolute atomic E-state index is 0.145. The van der Waals surface area contributed by atoms with E-state index in [1.807, 2.05) is 9.80 Å². The van der Waals surface area contributed by atoms with Gasteiger partial charge in [-0.25, -0.2) is 4.39 Å². The summed E-state index contributed by atoms with van der Waals surface area (Å²) >= 11 is 0. The zero-order chi connectivity index (χ0) is 16.8. The first-order valence-corrected chi connectivity index (χ1v) is 7.95. The summed E-state index contributed by atoms with van der Waals surface area (Å²) in [5.41, 5.74) is 0.779. The van der Waals surface area contributed by atoms with Crippen LogP contribution in [0.4, 0.5) is 10.1 Å². The Morgan fingerprint density at radius 3 is 2.70 bits per heavy atom. The van der Waals surface area contributed by atoms with Gasteiger partial charge in [-0.1, -0.05) is 6.07 Å². The molecule has 2 rings (SSSR count). The van der Waals surface area contributed by atoms with Crippen LogP contribution in [0.15, 0.2) is 18.2 Å². The summed E-state index contributed by atoms with van der Waals surface area (Å²) in [5, 5.41) is 0. The van der Waals surface area contributed by atoms with E-state index in [1.165, 1.54) is 13.0 Å². The maximum absolute atomic E-state index is 14.0. The van der Waals surface area contributed by atoms with Crippen molar-refractivity contribution in [3.8, 4) is 0 Å². The molecule has 1 aromatic carbocycles. The number of benzene rings is 1. The molecule has 1 heterocycles. The molecule has 0 radical (unpaired) electrons. The van der Waals surface area contributed by atoms with Gasteiger partial charge in [0.1, 0.15) is 5.82 Å². The number of ketones is 1. The van der Waals surface area contributed by atoms with Gasteiger partial charge in [0, 0.05) is 26.2 Å². The second-order valence-corrected chi connectivity index (χ2v) is 5.61. The zero-order valence-corrected chi connectivity index (χ0v) is 13.7. The van der Waals surface area contributed by atoms with Gasteiger partial charge < -0.3 is 9.64 Å². The summed E-state index contributed by atoms with van der Waals surface area (Å²) < 4.78 is 18.9. The highest BCUT2D eigenvalue weighted by atomic mass is 19.1. The van der Waals surface area contributed by atoms with Gasteiger partial charge in [-0.05, 0) is 32.4 Å². The van der Waals surface area contributed by atoms with Crippen molar-refractivity contribution in [2.75, 3.05) is 44.2 Å². The smallest absolute Gasteiger partial charge is 0.320 e. The lowest BCUT2D eigenvalue weighted by Crippen LogP contribution is -2.35. The molecular formula is C17H23FN2O3. The van der Waals surface area contributed by atoms with Crippen LogP contribution in [-0.4, -0.2) is 56.0 Å².